The summed E-state index contributed by atoms with van der Waals surface area (Å²) in [6, 6.07) is 4.70. The number of nitrogens with one attached hydrogen (secondary N) is 1. The minimum Gasteiger partial charge on any atom is -0.371 e. The van der Waals surface area contributed by atoms with Crippen molar-refractivity contribution in [1.82, 2.24) is 4.98 Å². The molecule has 3 N–H and O–H groups in total. The number of nitrogens with zero attached hydrogens (tertiary/aromatic N) is 2. The minimum atomic E-state index is -0.972. The second-order valence-electron chi connectivity index (χ2n) is 5.37. The van der Waals surface area contributed by atoms with Crippen molar-refractivity contribution >= 4 is 28.1 Å². The topological polar surface area (TPSA) is 111 Å². The molecule has 0 aliphatic rings. The molecule has 0 aliphatic heterocycles. The van der Waals surface area contributed by atoms with Gasteiger partial charge in [0, 0.05) is 29.0 Å². The van der Waals surface area contributed by atoms with Gasteiger partial charge in [-0.3, -0.25) is 19.9 Å². The van der Waals surface area contributed by atoms with E-state index in [9.17, 15) is 14.9 Å². The molecule has 110 valence electrons. The highest BCUT2D eigenvalue weighted by atomic mass is 16.6. The summed E-state index contributed by atoms with van der Waals surface area (Å²) in [7, 11) is 0. The van der Waals surface area contributed by atoms with E-state index in [2.05, 4.69) is 10.3 Å². The van der Waals surface area contributed by atoms with Crippen molar-refractivity contribution in [3.8, 4) is 0 Å². The Balaban J connectivity index is 2.66. The monoisotopic (exact) mass is 288 g/mol. The van der Waals surface area contributed by atoms with Crippen molar-refractivity contribution in [2.45, 2.75) is 26.3 Å². The number of nitro groups is 1. The first-order chi connectivity index (χ1) is 9.72. The van der Waals surface area contributed by atoms with E-state index in [4.69, 9.17) is 5.73 Å². The van der Waals surface area contributed by atoms with E-state index < -0.39 is 16.4 Å². The van der Waals surface area contributed by atoms with Crippen LogP contribution in [0.1, 0.15) is 19.5 Å². The first kappa shape index (κ1) is 14.7. The highest BCUT2D eigenvalue weighted by Gasteiger charge is 2.26. The number of nitro benzene ring substituents is 1. The fourth-order valence-electron chi connectivity index (χ4n) is 2.00. The smallest absolute Gasteiger partial charge is 0.278 e. The number of anilines is 1. The highest BCUT2D eigenvalue weighted by molar-refractivity contribution is 6.01. The van der Waals surface area contributed by atoms with Crippen LogP contribution in [0.5, 0.6) is 0 Å². The summed E-state index contributed by atoms with van der Waals surface area (Å²) in [5.74, 6) is -0.514. The van der Waals surface area contributed by atoms with Crippen molar-refractivity contribution in [2.24, 2.45) is 5.73 Å². The highest BCUT2D eigenvalue weighted by Crippen LogP contribution is 2.32. The van der Waals surface area contributed by atoms with Crippen LogP contribution in [0.3, 0.4) is 0 Å². The molecular formula is C14H16N4O3. The van der Waals surface area contributed by atoms with Gasteiger partial charge in [-0.15, -0.1) is 0 Å². The second-order valence-corrected chi connectivity index (χ2v) is 5.37. The number of pyridine rings is 1. The second kappa shape index (κ2) is 5.01. The zero-order chi connectivity index (χ0) is 15.8. The number of carbonyl (C=O) groups excluding carboxylic acids is 1. The number of aryl methyl sites for hydroxylation is 1. The summed E-state index contributed by atoms with van der Waals surface area (Å²) in [6.07, 6.45) is 1.46. The lowest BCUT2D eigenvalue weighted by Gasteiger charge is -2.24. The Labute approximate surface area is 121 Å². The number of fused-ring (bicyclic) bond motifs is 1. The van der Waals surface area contributed by atoms with E-state index in [0.717, 1.165) is 5.69 Å². The average molecular weight is 288 g/mol. The molecule has 0 atom stereocenters. The molecule has 0 spiro atoms. The maximum absolute atomic E-state index is 11.4. The first-order valence-corrected chi connectivity index (χ1v) is 6.34. The Bertz CT molecular complexity index is 740. The van der Waals surface area contributed by atoms with Crippen LogP contribution < -0.4 is 11.1 Å². The predicted molar refractivity (Wildman–Crippen MR) is 80.0 cm³/mol. The molecule has 7 heteroatoms. The zero-order valence-corrected chi connectivity index (χ0v) is 12.0. The Morgan fingerprint density at radius 2 is 2.05 bits per heavy atom. The maximum Gasteiger partial charge on any atom is 0.278 e. The third kappa shape index (κ3) is 2.76. The molecule has 2 aromatic rings. The predicted octanol–water partition coefficient (Wildman–Crippen LogP) is 2.13. The van der Waals surface area contributed by atoms with E-state index in [1.165, 1.54) is 12.3 Å². The van der Waals surface area contributed by atoms with Gasteiger partial charge < -0.3 is 11.1 Å². The van der Waals surface area contributed by atoms with Crippen molar-refractivity contribution in [3.63, 3.8) is 0 Å². The standard InChI is InChI=1S/C14H16N4O3/c1-8-6-9-10(7-16-8)12(18(20)21)5-4-11(9)17-14(2,3)13(15)19/h4-7,17H,1-3H3,(H2,15,19). The van der Waals surface area contributed by atoms with Crippen LogP contribution in [-0.2, 0) is 4.79 Å². The quantitative estimate of drug-likeness (QED) is 0.661. The molecule has 0 fully saturated rings. The molecule has 21 heavy (non-hydrogen) atoms. The molecule has 0 bridgehead atoms. The Kier molecular flexibility index (Phi) is 3.51. The van der Waals surface area contributed by atoms with Crippen LogP contribution in [0.15, 0.2) is 24.4 Å². The van der Waals surface area contributed by atoms with Crippen LogP contribution in [0, 0.1) is 17.0 Å². The number of hydrogen-bond acceptors (Lipinski definition) is 5. The number of primary amides is 1. The number of aromatic nitrogens is 1. The van der Waals surface area contributed by atoms with E-state index in [1.54, 1.807) is 32.9 Å². The van der Waals surface area contributed by atoms with Crippen LogP contribution in [0.2, 0.25) is 0 Å². The van der Waals surface area contributed by atoms with Crippen LogP contribution in [0.4, 0.5) is 11.4 Å². The molecule has 1 aromatic carbocycles. The Morgan fingerprint density at radius 1 is 1.38 bits per heavy atom. The van der Waals surface area contributed by atoms with Gasteiger partial charge in [-0.05, 0) is 32.9 Å². The number of amides is 1. The fourth-order valence-corrected chi connectivity index (χ4v) is 2.00. The molecule has 0 unspecified atom stereocenters. The largest absolute Gasteiger partial charge is 0.371 e. The number of rotatable bonds is 4. The van der Waals surface area contributed by atoms with E-state index >= 15 is 0 Å². The SMILES string of the molecule is Cc1cc2c(NC(C)(C)C(N)=O)ccc([N+](=O)[O-])c2cn1. The summed E-state index contributed by atoms with van der Waals surface area (Å²) in [6.45, 7) is 5.09. The summed E-state index contributed by atoms with van der Waals surface area (Å²) in [5.41, 5.74) is 5.68. The van der Waals surface area contributed by atoms with Crippen LogP contribution >= 0.6 is 0 Å². The number of non-ortho nitro benzene ring substituents is 1. The number of hydrogen-bond donors (Lipinski definition) is 2. The summed E-state index contributed by atoms with van der Waals surface area (Å²) in [4.78, 5) is 26.2. The van der Waals surface area contributed by atoms with Crippen molar-refractivity contribution < 1.29 is 9.72 Å². The molecule has 0 saturated carbocycles. The molecule has 0 saturated heterocycles. The summed E-state index contributed by atoms with van der Waals surface area (Å²) in [5, 5.41) is 15.2. The fraction of sp³-hybridized carbons (Fsp3) is 0.286. The first-order valence-electron chi connectivity index (χ1n) is 6.34. The van der Waals surface area contributed by atoms with Crippen LogP contribution in [-0.4, -0.2) is 21.4 Å². The Hall–Kier alpha value is -2.70. The van der Waals surface area contributed by atoms with Crippen LogP contribution in [0.25, 0.3) is 10.8 Å². The third-order valence-electron chi connectivity index (χ3n) is 3.27. The molecule has 2 rings (SSSR count). The molecule has 0 radical (unpaired) electrons. The van der Waals surface area contributed by atoms with Crippen molar-refractivity contribution in [3.05, 3.63) is 40.2 Å². The number of benzene rings is 1. The maximum atomic E-state index is 11.4. The van der Waals surface area contributed by atoms with Gasteiger partial charge in [0.15, 0.2) is 0 Å². The number of nitrogens with two attached hydrogens (primary N) is 1. The van der Waals surface area contributed by atoms with Gasteiger partial charge in [0.1, 0.15) is 5.54 Å². The van der Waals surface area contributed by atoms with E-state index in [0.29, 0.717) is 16.5 Å². The number of carbonyl (C=O) groups is 1. The molecule has 0 aliphatic carbocycles. The molecule has 7 nitrogen and oxygen atoms in total. The van der Waals surface area contributed by atoms with Gasteiger partial charge in [0.05, 0.1) is 10.3 Å². The average Bonchev–Trinajstić information content (AvgIpc) is 2.38. The third-order valence-corrected chi connectivity index (χ3v) is 3.27. The van der Waals surface area contributed by atoms with Gasteiger partial charge in [-0.25, -0.2) is 0 Å². The zero-order valence-electron chi connectivity index (χ0n) is 12.0. The molecule has 1 amide bonds. The van der Waals surface area contributed by atoms with E-state index in [1.807, 2.05) is 0 Å². The van der Waals surface area contributed by atoms with Crippen molar-refractivity contribution in [2.75, 3.05) is 5.32 Å². The molecule has 1 heterocycles. The van der Waals surface area contributed by atoms with Gasteiger partial charge in [0.25, 0.3) is 5.69 Å². The van der Waals surface area contributed by atoms with Gasteiger partial charge >= 0.3 is 0 Å². The summed E-state index contributed by atoms with van der Waals surface area (Å²) >= 11 is 0. The lowest BCUT2D eigenvalue weighted by Crippen LogP contribution is -2.45. The minimum absolute atomic E-state index is 0.0278. The van der Waals surface area contributed by atoms with Crippen molar-refractivity contribution in [1.29, 1.82) is 0 Å². The van der Waals surface area contributed by atoms with E-state index in [-0.39, 0.29) is 5.69 Å². The van der Waals surface area contributed by atoms with Gasteiger partial charge in [-0.1, -0.05) is 0 Å². The normalized spacial score (nSPS) is 11.4. The molecular weight excluding hydrogens is 272 g/mol. The Morgan fingerprint density at radius 3 is 2.62 bits per heavy atom. The molecule has 1 aromatic heterocycles. The summed E-state index contributed by atoms with van der Waals surface area (Å²) < 4.78 is 0. The van der Waals surface area contributed by atoms with Gasteiger partial charge in [-0.2, -0.15) is 0 Å². The lowest BCUT2D eigenvalue weighted by atomic mass is 10.0. The lowest BCUT2D eigenvalue weighted by molar-refractivity contribution is -0.383. The van der Waals surface area contributed by atoms with Gasteiger partial charge in [0.2, 0.25) is 5.91 Å².